The lowest BCUT2D eigenvalue weighted by Crippen LogP contribution is -2.19. The van der Waals surface area contributed by atoms with Gasteiger partial charge in [0.05, 0.1) is 5.56 Å². The van der Waals surface area contributed by atoms with E-state index in [-0.39, 0.29) is 0 Å². The minimum absolute atomic E-state index is 0.377. The van der Waals surface area contributed by atoms with Gasteiger partial charge in [-0.15, -0.1) is 0 Å². The molecule has 1 aliphatic rings. The number of fused-ring (bicyclic) bond motifs is 1. The molecule has 122 valence electrons. The maximum absolute atomic E-state index is 11.2. The lowest BCUT2D eigenvalue weighted by molar-refractivity contribution is 0.0696. The molecule has 4 heteroatoms. The van der Waals surface area contributed by atoms with Crippen LogP contribution in [0.1, 0.15) is 33.8 Å². The lowest BCUT2D eigenvalue weighted by atomic mass is 9.97. The van der Waals surface area contributed by atoms with Crippen LogP contribution in [0.5, 0.6) is 0 Å². The fourth-order valence-corrected chi connectivity index (χ4v) is 3.68. The van der Waals surface area contributed by atoms with E-state index in [1.807, 2.05) is 24.3 Å². The lowest BCUT2D eigenvalue weighted by Gasteiger charge is -2.16. The van der Waals surface area contributed by atoms with Crippen molar-refractivity contribution in [2.24, 2.45) is 0 Å². The molecule has 2 heterocycles. The molecule has 0 spiro atoms. The summed E-state index contributed by atoms with van der Waals surface area (Å²) in [7, 11) is 0. The summed E-state index contributed by atoms with van der Waals surface area (Å²) in [5.41, 5.74) is 4.02. The van der Waals surface area contributed by atoms with Gasteiger partial charge in [-0.2, -0.15) is 0 Å². The van der Waals surface area contributed by atoms with Crippen LogP contribution < -0.4 is 0 Å². The number of aromatic nitrogens is 1. The fourth-order valence-electron chi connectivity index (χ4n) is 3.68. The number of likely N-dealkylation sites (tertiary alicyclic amines) is 1. The molecule has 3 aromatic rings. The molecular formula is C20H20N2O2. The number of carboxylic acid groups (broad SMARTS) is 1. The molecule has 0 amide bonds. The Morgan fingerprint density at radius 2 is 2.08 bits per heavy atom. The van der Waals surface area contributed by atoms with E-state index in [9.17, 15) is 4.79 Å². The van der Waals surface area contributed by atoms with Crippen LogP contribution in [0.4, 0.5) is 0 Å². The van der Waals surface area contributed by atoms with E-state index < -0.39 is 5.97 Å². The Labute approximate surface area is 140 Å². The number of hydrogen-bond donors (Lipinski definition) is 2. The first-order valence-corrected chi connectivity index (χ1v) is 8.31. The third-order valence-electron chi connectivity index (χ3n) is 4.95. The van der Waals surface area contributed by atoms with E-state index in [2.05, 4.69) is 34.3 Å². The van der Waals surface area contributed by atoms with Crippen LogP contribution in [0.2, 0.25) is 0 Å². The fraction of sp³-hybridized carbons (Fsp3) is 0.250. The molecule has 1 saturated heterocycles. The van der Waals surface area contributed by atoms with Gasteiger partial charge in [-0.1, -0.05) is 30.3 Å². The van der Waals surface area contributed by atoms with E-state index in [0.29, 0.717) is 11.5 Å². The Balaban J connectivity index is 1.49. The predicted octanol–water partition coefficient (Wildman–Crippen LogP) is 3.86. The van der Waals surface area contributed by atoms with Crippen molar-refractivity contribution in [3.8, 4) is 0 Å². The van der Waals surface area contributed by atoms with Crippen LogP contribution in [-0.4, -0.2) is 34.0 Å². The van der Waals surface area contributed by atoms with E-state index in [1.54, 1.807) is 6.07 Å². The number of benzene rings is 2. The van der Waals surface area contributed by atoms with Gasteiger partial charge in [-0.25, -0.2) is 4.79 Å². The highest BCUT2D eigenvalue weighted by Crippen LogP contribution is 2.30. The molecule has 4 rings (SSSR count). The van der Waals surface area contributed by atoms with Gasteiger partial charge in [0.1, 0.15) is 0 Å². The zero-order chi connectivity index (χ0) is 16.5. The predicted molar refractivity (Wildman–Crippen MR) is 94.3 cm³/mol. The Morgan fingerprint density at radius 1 is 1.21 bits per heavy atom. The average Bonchev–Trinajstić information content (AvgIpc) is 3.23. The van der Waals surface area contributed by atoms with E-state index in [0.717, 1.165) is 31.6 Å². The van der Waals surface area contributed by atoms with Gasteiger partial charge in [0.15, 0.2) is 0 Å². The summed E-state index contributed by atoms with van der Waals surface area (Å²) in [6.45, 7) is 2.95. The number of H-pyrrole nitrogens is 1. The van der Waals surface area contributed by atoms with Crippen LogP contribution in [-0.2, 0) is 6.54 Å². The number of aromatic carboxylic acids is 1. The van der Waals surface area contributed by atoms with E-state index in [1.165, 1.54) is 16.5 Å². The third-order valence-corrected chi connectivity index (χ3v) is 4.95. The largest absolute Gasteiger partial charge is 0.478 e. The average molecular weight is 320 g/mol. The van der Waals surface area contributed by atoms with Crippen LogP contribution in [0.3, 0.4) is 0 Å². The maximum atomic E-state index is 11.2. The molecule has 2 N–H and O–H groups in total. The smallest absolute Gasteiger partial charge is 0.335 e. The number of aromatic amines is 1. The quantitative estimate of drug-likeness (QED) is 0.767. The van der Waals surface area contributed by atoms with Gasteiger partial charge < -0.3 is 10.1 Å². The second-order valence-electron chi connectivity index (χ2n) is 6.51. The van der Waals surface area contributed by atoms with Crippen molar-refractivity contribution in [1.29, 1.82) is 0 Å². The van der Waals surface area contributed by atoms with E-state index >= 15 is 0 Å². The molecule has 0 saturated carbocycles. The van der Waals surface area contributed by atoms with Crippen LogP contribution in [0.15, 0.2) is 54.7 Å². The number of carboxylic acids is 1. The van der Waals surface area contributed by atoms with E-state index in [4.69, 9.17) is 5.11 Å². The first kappa shape index (κ1) is 15.0. The number of hydrogen-bond acceptors (Lipinski definition) is 2. The number of carbonyl (C=O) groups is 1. The first-order valence-electron chi connectivity index (χ1n) is 8.31. The minimum atomic E-state index is -0.856. The normalized spacial score (nSPS) is 18.2. The second kappa shape index (κ2) is 6.13. The Hall–Kier alpha value is -2.59. The van der Waals surface area contributed by atoms with Crippen LogP contribution in [0.25, 0.3) is 10.9 Å². The summed E-state index contributed by atoms with van der Waals surface area (Å²) in [5.74, 6) is -0.444. The minimum Gasteiger partial charge on any atom is -0.478 e. The van der Waals surface area contributed by atoms with Gasteiger partial charge in [0.25, 0.3) is 0 Å². The molecule has 0 aliphatic carbocycles. The van der Waals surface area contributed by atoms with Gasteiger partial charge in [0, 0.05) is 30.2 Å². The summed E-state index contributed by atoms with van der Waals surface area (Å²) in [6.07, 6.45) is 3.18. The Morgan fingerprint density at radius 3 is 2.96 bits per heavy atom. The van der Waals surface area contributed by atoms with Crippen molar-refractivity contribution < 1.29 is 9.90 Å². The molecule has 0 bridgehead atoms. The zero-order valence-corrected chi connectivity index (χ0v) is 13.4. The summed E-state index contributed by atoms with van der Waals surface area (Å²) in [6, 6.07) is 15.8. The van der Waals surface area contributed by atoms with Crippen molar-refractivity contribution in [3.63, 3.8) is 0 Å². The summed E-state index contributed by atoms with van der Waals surface area (Å²) >= 11 is 0. The number of rotatable bonds is 4. The van der Waals surface area contributed by atoms with Crippen molar-refractivity contribution in [2.45, 2.75) is 18.9 Å². The molecule has 24 heavy (non-hydrogen) atoms. The van der Waals surface area contributed by atoms with Gasteiger partial charge in [-0.05, 0) is 48.2 Å². The SMILES string of the molecule is O=C(O)c1cccc(C2CCN(Cc3c[nH]c4ccccc34)C2)c1. The second-order valence-corrected chi connectivity index (χ2v) is 6.51. The van der Waals surface area contributed by atoms with Crippen LogP contribution >= 0.6 is 0 Å². The summed E-state index contributed by atoms with van der Waals surface area (Å²) < 4.78 is 0. The molecule has 0 radical (unpaired) electrons. The van der Waals surface area contributed by atoms with Gasteiger partial charge >= 0.3 is 5.97 Å². The molecule has 4 nitrogen and oxygen atoms in total. The van der Waals surface area contributed by atoms with Gasteiger partial charge in [-0.3, -0.25) is 4.90 Å². The monoisotopic (exact) mass is 320 g/mol. The van der Waals surface area contributed by atoms with Crippen molar-refractivity contribution in [1.82, 2.24) is 9.88 Å². The third kappa shape index (κ3) is 2.81. The Kier molecular flexibility index (Phi) is 3.82. The van der Waals surface area contributed by atoms with Gasteiger partial charge in [0.2, 0.25) is 0 Å². The summed E-state index contributed by atoms with van der Waals surface area (Å²) in [5, 5.41) is 10.4. The highest BCUT2D eigenvalue weighted by atomic mass is 16.4. The van der Waals surface area contributed by atoms with Crippen molar-refractivity contribution in [2.75, 3.05) is 13.1 Å². The van der Waals surface area contributed by atoms with Crippen molar-refractivity contribution >= 4 is 16.9 Å². The number of nitrogens with one attached hydrogen (secondary N) is 1. The molecule has 1 aromatic heterocycles. The molecular weight excluding hydrogens is 300 g/mol. The van der Waals surface area contributed by atoms with Crippen molar-refractivity contribution in [3.05, 3.63) is 71.4 Å². The highest BCUT2D eigenvalue weighted by molar-refractivity contribution is 5.87. The zero-order valence-electron chi connectivity index (χ0n) is 13.4. The maximum Gasteiger partial charge on any atom is 0.335 e. The summed E-state index contributed by atoms with van der Waals surface area (Å²) in [4.78, 5) is 16.9. The highest BCUT2D eigenvalue weighted by Gasteiger charge is 2.25. The van der Waals surface area contributed by atoms with Crippen LogP contribution in [0, 0.1) is 0 Å². The number of para-hydroxylation sites is 1. The first-order chi connectivity index (χ1) is 11.7. The topological polar surface area (TPSA) is 56.3 Å². The standard InChI is InChI=1S/C20H20N2O2/c23-20(24)15-5-3-4-14(10-15)16-8-9-22(12-16)13-17-11-21-19-7-2-1-6-18(17)19/h1-7,10-11,16,21H,8-9,12-13H2,(H,23,24). The molecule has 2 aromatic carbocycles. The Bertz CT molecular complexity index is 884. The number of nitrogens with zero attached hydrogens (tertiary/aromatic N) is 1. The molecule has 1 fully saturated rings. The molecule has 1 atom stereocenters. The molecule has 1 aliphatic heterocycles. The molecule has 1 unspecified atom stereocenters.